The van der Waals surface area contributed by atoms with E-state index in [9.17, 15) is 4.79 Å². The van der Waals surface area contributed by atoms with Gasteiger partial charge in [-0.2, -0.15) is 0 Å². The molecule has 1 saturated heterocycles. The number of benzene rings is 1. The lowest BCUT2D eigenvalue weighted by Crippen LogP contribution is -2.30. The second kappa shape index (κ2) is 8.63. The SMILES string of the molecule is CC(C)Oc1ccccc1NC(=O)NCCC[C@H]1CCOC1. The molecule has 1 atom stereocenters. The van der Waals surface area contributed by atoms with Crippen LogP contribution in [0.2, 0.25) is 0 Å². The summed E-state index contributed by atoms with van der Waals surface area (Å²) >= 11 is 0. The highest BCUT2D eigenvalue weighted by Gasteiger charge is 2.15. The molecule has 5 nitrogen and oxygen atoms in total. The van der Waals surface area contributed by atoms with Crippen LogP contribution in [0.15, 0.2) is 24.3 Å². The number of carbonyl (C=O) groups excluding carboxylic acids is 1. The lowest BCUT2D eigenvalue weighted by Gasteiger charge is -2.15. The van der Waals surface area contributed by atoms with Crippen LogP contribution in [0.5, 0.6) is 5.75 Å². The summed E-state index contributed by atoms with van der Waals surface area (Å²) in [6.45, 7) is 6.35. The maximum atomic E-state index is 11.9. The first kappa shape index (κ1) is 16.6. The third-order valence-electron chi connectivity index (χ3n) is 3.60. The Hall–Kier alpha value is -1.75. The van der Waals surface area contributed by atoms with Crippen LogP contribution in [0.1, 0.15) is 33.1 Å². The van der Waals surface area contributed by atoms with Crippen molar-refractivity contribution in [3.8, 4) is 5.75 Å². The van der Waals surface area contributed by atoms with Gasteiger partial charge in [-0.3, -0.25) is 0 Å². The van der Waals surface area contributed by atoms with E-state index in [1.54, 1.807) is 0 Å². The van der Waals surface area contributed by atoms with Crippen LogP contribution in [0, 0.1) is 5.92 Å². The van der Waals surface area contributed by atoms with Crippen molar-refractivity contribution < 1.29 is 14.3 Å². The van der Waals surface area contributed by atoms with Crippen molar-refractivity contribution in [3.63, 3.8) is 0 Å². The van der Waals surface area contributed by atoms with Crippen LogP contribution in [0.25, 0.3) is 0 Å². The van der Waals surface area contributed by atoms with Crippen LogP contribution in [-0.4, -0.2) is 31.9 Å². The molecule has 122 valence electrons. The summed E-state index contributed by atoms with van der Waals surface area (Å²) in [7, 11) is 0. The average Bonchev–Trinajstić information content (AvgIpc) is 2.98. The fraction of sp³-hybridized carbons (Fsp3) is 0.588. The zero-order valence-corrected chi connectivity index (χ0v) is 13.4. The van der Waals surface area contributed by atoms with Crippen molar-refractivity contribution in [2.24, 2.45) is 5.92 Å². The second-order valence-electron chi connectivity index (χ2n) is 5.92. The molecule has 0 aromatic heterocycles. The first-order chi connectivity index (χ1) is 10.6. The molecule has 1 aliphatic rings. The van der Waals surface area contributed by atoms with Crippen LogP contribution in [0.3, 0.4) is 0 Å². The van der Waals surface area contributed by atoms with Crippen molar-refractivity contribution in [1.82, 2.24) is 5.32 Å². The zero-order chi connectivity index (χ0) is 15.8. The summed E-state index contributed by atoms with van der Waals surface area (Å²) in [5, 5.41) is 5.73. The second-order valence-corrected chi connectivity index (χ2v) is 5.92. The number of urea groups is 1. The van der Waals surface area contributed by atoms with E-state index in [0.717, 1.165) is 32.5 Å². The Morgan fingerprint density at radius 1 is 1.41 bits per heavy atom. The normalized spacial score (nSPS) is 17.5. The van der Waals surface area contributed by atoms with Crippen molar-refractivity contribution >= 4 is 11.7 Å². The minimum absolute atomic E-state index is 0.0691. The molecule has 0 bridgehead atoms. The van der Waals surface area contributed by atoms with Gasteiger partial charge in [0.05, 0.1) is 11.8 Å². The smallest absolute Gasteiger partial charge is 0.319 e. The molecule has 0 radical (unpaired) electrons. The molecular weight excluding hydrogens is 280 g/mol. The van der Waals surface area contributed by atoms with Gasteiger partial charge < -0.3 is 20.1 Å². The Morgan fingerprint density at radius 2 is 2.23 bits per heavy atom. The lowest BCUT2D eigenvalue weighted by molar-refractivity contribution is 0.184. The molecule has 0 unspecified atom stereocenters. The van der Waals surface area contributed by atoms with Gasteiger partial charge in [-0.1, -0.05) is 12.1 Å². The van der Waals surface area contributed by atoms with Crippen LogP contribution < -0.4 is 15.4 Å². The van der Waals surface area contributed by atoms with Gasteiger partial charge in [0.2, 0.25) is 0 Å². The molecule has 0 saturated carbocycles. The molecular formula is C17H26N2O3. The van der Waals surface area contributed by atoms with E-state index in [4.69, 9.17) is 9.47 Å². The highest BCUT2D eigenvalue weighted by Crippen LogP contribution is 2.24. The van der Waals surface area contributed by atoms with Crippen molar-refractivity contribution in [2.75, 3.05) is 25.1 Å². The Morgan fingerprint density at radius 3 is 2.95 bits per heavy atom. The molecule has 1 heterocycles. The first-order valence-electron chi connectivity index (χ1n) is 8.03. The van der Waals surface area contributed by atoms with Gasteiger partial charge in [0, 0.05) is 19.8 Å². The molecule has 2 amide bonds. The largest absolute Gasteiger partial charge is 0.489 e. The third kappa shape index (κ3) is 5.56. The van der Waals surface area contributed by atoms with E-state index in [-0.39, 0.29) is 12.1 Å². The van der Waals surface area contributed by atoms with Crippen LogP contribution in [-0.2, 0) is 4.74 Å². The number of nitrogens with one attached hydrogen (secondary N) is 2. The van der Waals surface area contributed by atoms with Gasteiger partial charge in [-0.15, -0.1) is 0 Å². The fourth-order valence-corrected chi connectivity index (χ4v) is 2.50. The summed E-state index contributed by atoms with van der Waals surface area (Å²) in [6, 6.07) is 7.28. The predicted molar refractivity (Wildman–Crippen MR) is 87.4 cm³/mol. The maximum Gasteiger partial charge on any atom is 0.319 e. The van der Waals surface area contributed by atoms with Gasteiger partial charge >= 0.3 is 6.03 Å². The number of ether oxygens (including phenoxy) is 2. The Bertz CT molecular complexity index is 471. The first-order valence-corrected chi connectivity index (χ1v) is 8.03. The molecule has 5 heteroatoms. The fourth-order valence-electron chi connectivity index (χ4n) is 2.50. The van der Waals surface area contributed by atoms with E-state index < -0.39 is 0 Å². The molecule has 1 fully saturated rings. The zero-order valence-electron chi connectivity index (χ0n) is 13.4. The molecule has 2 N–H and O–H groups in total. The quantitative estimate of drug-likeness (QED) is 0.759. The molecule has 1 aromatic carbocycles. The van der Waals surface area contributed by atoms with Crippen molar-refractivity contribution in [2.45, 2.75) is 39.2 Å². The number of amides is 2. The third-order valence-corrected chi connectivity index (χ3v) is 3.60. The molecule has 1 aromatic rings. The highest BCUT2D eigenvalue weighted by molar-refractivity contribution is 5.90. The van der Waals surface area contributed by atoms with E-state index in [0.29, 0.717) is 23.9 Å². The lowest BCUT2D eigenvalue weighted by atomic mass is 10.0. The maximum absolute atomic E-state index is 11.9. The Balaban J connectivity index is 1.72. The van der Waals surface area contributed by atoms with Gasteiger partial charge in [-0.05, 0) is 51.2 Å². The molecule has 2 rings (SSSR count). The predicted octanol–water partition coefficient (Wildman–Crippen LogP) is 3.41. The molecule has 0 aliphatic carbocycles. The topological polar surface area (TPSA) is 59.6 Å². The van der Waals surface area contributed by atoms with Gasteiger partial charge in [-0.25, -0.2) is 4.79 Å². The summed E-state index contributed by atoms with van der Waals surface area (Å²) in [4.78, 5) is 11.9. The molecule has 1 aliphatic heterocycles. The van der Waals surface area contributed by atoms with E-state index in [1.807, 2.05) is 38.1 Å². The van der Waals surface area contributed by atoms with Crippen LogP contribution in [0.4, 0.5) is 10.5 Å². The summed E-state index contributed by atoms with van der Waals surface area (Å²) in [5.41, 5.74) is 0.692. The Kier molecular flexibility index (Phi) is 6.52. The minimum atomic E-state index is -0.192. The number of hydrogen-bond acceptors (Lipinski definition) is 3. The van der Waals surface area contributed by atoms with Gasteiger partial charge in [0.25, 0.3) is 0 Å². The number of hydrogen-bond donors (Lipinski definition) is 2. The van der Waals surface area contributed by atoms with Crippen molar-refractivity contribution in [1.29, 1.82) is 0 Å². The summed E-state index contributed by atoms with van der Waals surface area (Å²) < 4.78 is 11.0. The van der Waals surface area contributed by atoms with E-state index in [2.05, 4.69) is 10.6 Å². The molecule has 22 heavy (non-hydrogen) atoms. The summed E-state index contributed by atoms with van der Waals surface area (Å²) in [5.74, 6) is 1.35. The monoisotopic (exact) mass is 306 g/mol. The van der Waals surface area contributed by atoms with E-state index in [1.165, 1.54) is 0 Å². The number of carbonyl (C=O) groups is 1. The summed E-state index contributed by atoms with van der Waals surface area (Å²) in [6.07, 6.45) is 3.30. The number of anilines is 1. The molecule has 0 spiro atoms. The van der Waals surface area contributed by atoms with Crippen molar-refractivity contribution in [3.05, 3.63) is 24.3 Å². The number of para-hydroxylation sites is 2. The Labute approximate surface area is 132 Å². The minimum Gasteiger partial charge on any atom is -0.489 e. The van der Waals surface area contributed by atoms with Gasteiger partial charge in [0.1, 0.15) is 5.75 Å². The van der Waals surface area contributed by atoms with Crippen LogP contribution >= 0.6 is 0 Å². The average molecular weight is 306 g/mol. The standard InChI is InChI=1S/C17H26N2O3/c1-13(2)22-16-8-4-3-7-15(16)19-17(20)18-10-5-6-14-9-11-21-12-14/h3-4,7-8,13-14H,5-6,9-12H2,1-2H3,(H2,18,19,20)/t14-/m0/s1. The highest BCUT2D eigenvalue weighted by atomic mass is 16.5. The van der Waals surface area contributed by atoms with Gasteiger partial charge in [0.15, 0.2) is 0 Å². The number of rotatable bonds is 7. The van der Waals surface area contributed by atoms with E-state index >= 15 is 0 Å².